The minimum atomic E-state index is -1.06. The average Bonchev–Trinajstić information content (AvgIpc) is 2.20. The number of halogens is 2. The number of hydrogen-bond acceptors (Lipinski definition) is 2. The lowest BCUT2D eigenvalue weighted by atomic mass is 10.2. The standard InChI is InChI=1S/C10H10BrClO3/c11-8-3-1-7(2-4-8)5-15-6-9(12)10(13)14/h1-4,9H,5-6H2,(H,13,14). The van der Waals surface area contributed by atoms with Gasteiger partial charge in [0.15, 0.2) is 5.38 Å². The lowest BCUT2D eigenvalue weighted by Gasteiger charge is -2.06. The van der Waals surface area contributed by atoms with Gasteiger partial charge in [0.1, 0.15) is 0 Å². The number of carboxylic acids is 1. The normalized spacial score (nSPS) is 12.4. The Bertz CT molecular complexity index is 326. The van der Waals surface area contributed by atoms with Crippen LogP contribution in [0.2, 0.25) is 0 Å². The first-order valence-electron chi connectivity index (χ1n) is 4.28. The van der Waals surface area contributed by atoms with E-state index in [9.17, 15) is 4.79 Å². The van der Waals surface area contributed by atoms with Crippen molar-refractivity contribution in [2.24, 2.45) is 0 Å². The second-order valence-corrected chi connectivity index (χ2v) is 4.39. The molecule has 1 rings (SSSR count). The van der Waals surface area contributed by atoms with E-state index in [4.69, 9.17) is 21.4 Å². The van der Waals surface area contributed by atoms with Gasteiger partial charge in [0, 0.05) is 4.47 Å². The Morgan fingerprint density at radius 2 is 2.07 bits per heavy atom. The Morgan fingerprint density at radius 1 is 1.47 bits per heavy atom. The van der Waals surface area contributed by atoms with Gasteiger partial charge in [-0.3, -0.25) is 4.79 Å². The summed E-state index contributed by atoms with van der Waals surface area (Å²) in [6.45, 7) is 0.372. The van der Waals surface area contributed by atoms with E-state index in [1.54, 1.807) is 0 Å². The van der Waals surface area contributed by atoms with Crippen molar-refractivity contribution < 1.29 is 14.6 Å². The molecule has 1 aromatic rings. The highest BCUT2D eigenvalue weighted by Crippen LogP contribution is 2.11. The molecule has 15 heavy (non-hydrogen) atoms. The largest absolute Gasteiger partial charge is 0.480 e. The lowest BCUT2D eigenvalue weighted by Crippen LogP contribution is -2.19. The fraction of sp³-hybridized carbons (Fsp3) is 0.300. The van der Waals surface area contributed by atoms with Crippen LogP contribution in [-0.4, -0.2) is 23.1 Å². The zero-order chi connectivity index (χ0) is 11.3. The number of rotatable bonds is 5. The van der Waals surface area contributed by atoms with Crippen LogP contribution in [0.4, 0.5) is 0 Å². The highest BCUT2D eigenvalue weighted by Gasteiger charge is 2.12. The van der Waals surface area contributed by atoms with Crippen LogP contribution in [0.1, 0.15) is 5.56 Å². The summed E-state index contributed by atoms with van der Waals surface area (Å²) in [7, 11) is 0. The van der Waals surface area contributed by atoms with E-state index < -0.39 is 11.3 Å². The summed E-state index contributed by atoms with van der Waals surface area (Å²) in [4.78, 5) is 10.4. The molecule has 1 atom stereocenters. The van der Waals surface area contributed by atoms with Crippen molar-refractivity contribution in [2.45, 2.75) is 12.0 Å². The molecule has 0 aromatic heterocycles. The molecule has 0 bridgehead atoms. The Kier molecular flexibility index (Phi) is 5.08. The van der Waals surface area contributed by atoms with Crippen LogP contribution in [0.5, 0.6) is 0 Å². The van der Waals surface area contributed by atoms with Gasteiger partial charge in [-0.2, -0.15) is 0 Å². The van der Waals surface area contributed by atoms with Gasteiger partial charge >= 0.3 is 5.97 Å². The molecule has 1 N–H and O–H groups in total. The molecule has 0 aliphatic heterocycles. The number of carbonyl (C=O) groups is 1. The molecule has 0 fully saturated rings. The van der Waals surface area contributed by atoms with Crippen LogP contribution < -0.4 is 0 Å². The first-order valence-corrected chi connectivity index (χ1v) is 5.51. The fourth-order valence-corrected chi connectivity index (χ4v) is 1.29. The molecule has 3 nitrogen and oxygen atoms in total. The molecule has 0 saturated carbocycles. The zero-order valence-electron chi connectivity index (χ0n) is 7.82. The van der Waals surface area contributed by atoms with Gasteiger partial charge in [-0.05, 0) is 17.7 Å². The fourth-order valence-electron chi connectivity index (χ4n) is 0.932. The van der Waals surface area contributed by atoms with E-state index in [1.807, 2.05) is 24.3 Å². The Hall–Kier alpha value is -0.580. The topological polar surface area (TPSA) is 46.5 Å². The monoisotopic (exact) mass is 292 g/mol. The summed E-state index contributed by atoms with van der Waals surface area (Å²) in [6, 6.07) is 7.59. The van der Waals surface area contributed by atoms with Crippen LogP contribution in [0.15, 0.2) is 28.7 Å². The quantitative estimate of drug-likeness (QED) is 0.849. The Labute approximate surface area is 101 Å². The second-order valence-electron chi connectivity index (χ2n) is 2.95. The maximum absolute atomic E-state index is 10.4. The number of alkyl halides is 1. The number of hydrogen-bond donors (Lipinski definition) is 1. The minimum absolute atomic E-state index is 0.00690. The van der Waals surface area contributed by atoms with E-state index in [2.05, 4.69) is 15.9 Å². The Balaban J connectivity index is 2.32. The molecule has 0 heterocycles. The molecular formula is C10H10BrClO3. The summed E-state index contributed by atoms with van der Waals surface area (Å²) < 4.78 is 6.15. The summed E-state index contributed by atoms with van der Waals surface area (Å²) >= 11 is 8.79. The third-order valence-electron chi connectivity index (χ3n) is 1.71. The molecule has 0 aliphatic rings. The first-order chi connectivity index (χ1) is 7.09. The van der Waals surface area contributed by atoms with E-state index >= 15 is 0 Å². The van der Waals surface area contributed by atoms with Crippen LogP contribution in [0, 0.1) is 0 Å². The van der Waals surface area contributed by atoms with Crippen molar-refractivity contribution in [3.8, 4) is 0 Å². The van der Waals surface area contributed by atoms with Gasteiger partial charge in [0.25, 0.3) is 0 Å². The van der Waals surface area contributed by atoms with Gasteiger partial charge in [0.05, 0.1) is 13.2 Å². The molecule has 0 amide bonds. The van der Waals surface area contributed by atoms with E-state index in [0.717, 1.165) is 10.0 Å². The zero-order valence-corrected chi connectivity index (χ0v) is 10.2. The van der Waals surface area contributed by atoms with E-state index in [0.29, 0.717) is 6.61 Å². The molecule has 0 spiro atoms. The molecule has 0 aliphatic carbocycles. The van der Waals surface area contributed by atoms with Crippen molar-refractivity contribution in [3.05, 3.63) is 34.3 Å². The summed E-state index contributed by atoms with van der Waals surface area (Å²) in [6.07, 6.45) is 0. The SMILES string of the molecule is O=C(O)C(Cl)COCc1ccc(Br)cc1. The van der Waals surface area contributed by atoms with Crippen LogP contribution in [-0.2, 0) is 16.1 Å². The number of aliphatic carboxylic acids is 1. The maximum Gasteiger partial charge on any atom is 0.324 e. The summed E-state index contributed by atoms with van der Waals surface area (Å²) in [5.74, 6) is -1.06. The Morgan fingerprint density at radius 3 is 2.60 bits per heavy atom. The van der Waals surface area contributed by atoms with E-state index in [1.165, 1.54) is 0 Å². The second kappa shape index (κ2) is 6.10. The van der Waals surface area contributed by atoms with Gasteiger partial charge < -0.3 is 9.84 Å². The molecule has 1 unspecified atom stereocenters. The average molecular weight is 294 g/mol. The van der Waals surface area contributed by atoms with Gasteiger partial charge in [-0.1, -0.05) is 28.1 Å². The molecule has 0 radical (unpaired) electrons. The highest BCUT2D eigenvalue weighted by atomic mass is 79.9. The molecule has 0 saturated heterocycles. The predicted molar refractivity (Wildman–Crippen MR) is 61.1 cm³/mol. The molecule has 82 valence electrons. The van der Waals surface area contributed by atoms with Crippen molar-refractivity contribution in [3.63, 3.8) is 0 Å². The van der Waals surface area contributed by atoms with Crippen LogP contribution in [0.3, 0.4) is 0 Å². The smallest absolute Gasteiger partial charge is 0.324 e. The number of carboxylic acid groups (broad SMARTS) is 1. The van der Waals surface area contributed by atoms with Gasteiger partial charge in [0.2, 0.25) is 0 Å². The van der Waals surface area contributed by atoms with Crippen molar-refractivity contribution >= 4 is 33.5 Å². The summed E-state index contributed by atoms with van der Waals surface area (Å²) in [5, 5.41) is 7.51. The van der Waals surface area contributed by atoms with Crippen molar-refractivity contribution in [1.29, 1.82) is 0 Å². The maximum atomic E-state index is 10.4. The number of ether oxygens (including phenoxy) is 1. The van der Waals surface area contributed by atoms with Gasteiger partial charge in [-0.25, -0.2) is 0 Å². The predicted octanol–water partition coefficient (Wildman–Crippen LogP) is 2.66. The van der Waals surface area contributed by atoms with Crippen molar-refractivity contribution in [1.82, 2.24) is 0 Å². The van der Waals surface area contributed by atoms with E-state index in [-0.39, 0.29) is 6.61 Å². The minimum Gasteiger partial charge on any atom is -0.480 e. The third-order valence-corrected chi connectivity index (χ3v) is 2.56. The molecular weight excluding hydrogens is 283 g/mol. The molecule has 5 heteroatoms. The lowest BCUT2D eigenvalue weighted by molar-refractivity contribution is -0.137. The first kappa shape index (κ1) is 12.5. The van der Waals surface area contributed by atoms with Crippen molar-refractivity contribution in [2.75, 3.05) is 6.61 Å². The number of benzene rings is 1. The summed E-state index contributed by atoms with van der Waals surface area (Å²) in [5.41, 5.74) is 0.979. The van der Waals surface area contributed by atoms with Crippen LogP contribution >= 0.6 is 27.5 Å². The van der Waals surface area contributed by atoms with Gasteiger partial charge in [-0.15, -0.1) is 11.6 Å². The molecule has 1 aromatic carbocycles. The third kappa shape index (κ3) is 4.64. The highest BCUT2D eigenvalue weighted by molar-refractivity contribution is 9.10. The van der Waals surface area contributed by atoms with Crippen LogP contribution in [0.25, 0.3) is 0 Å².